The molecule has 1 aliphatic heterocycles. The molecular weight excluding hydrogens is 462 g/mol. The molecule has 4 rings (SSSR count). The molecule has 0 saturated carbocycles. The van der Waals surface area contributed by atoms with Crippen molar-refractivity contribution in [3.63, 3.8) is 0 Å². The summed E-state index contributed by atoms with van der Waals surface area (Å²) in [5.74, 6) is 0.852. The number of carbonyl (C=O) groups is 1. The highest BCUT2D eigenvalue weighted by Gasteiger charge is 2.12. The summed E-state index contributed by atoms with van der Waals surface area (Å²) in [5, 5.41) is 10.6. The topological polar surface area (TPSA) is 73.9 Å². The van der Waals surface area contributed by atoms with E-state index in [1.54, 1.807) is 0 Å². The maximum atomic E-state index is 12.3. The smallest absolute Gasteiger partial charge is 0.234 e. The predicted molar refractivity (Wildman–Crippen MR) is 126 cm³/mol. The Morgan fingerprint density at radius 1 is 1.07 bits per heavy atom. The fraction of sp³-hybridized carbons (Fsp3) is 0.318. The number of amides is 1. The average Bonchev–Trinajstić information content (AvgIpc) is 3.06. The van der Waals surface area contributed by atoms with E-state index in [0.29, 0.717) is 11.0 Å². The van der Waals surface area contributed by atoms with E-state index in [9.17, 15) is 4.79 Å². The van der Waals surface area contributed by atoms with Crippen molar-refractivity contribution in [1.82, 2.24) is 15.2 Å². The molecule has 1 aliphatic rings. The summed E-state index contributed by atoms with van der Waals surface area (Å²) in [5.41, 5.74) is 2.97. The van der Waals surface area contributed by atoms with Gasteiger partial charge in [0.25, 0.3) is 0 Å². The minimum atomic E-state index is -0.0743. The number of hydrogen-bond donors (Lipinski definition) is 2. The fourth-order valence-electron chi connectivity index (χ4n) is 3.50. The Balaban J connectivity index is 1.29. The van der Waals surface area contributed by atoms with Crippen LogP contribution in [0.3, 0.4) is 0 Å². The van der Waals surface area contributed by atoms with Gasteiger partial charge in [-0.25, -0.2) is 4.98 Å². The number of carbonyl (C=O) groups excluding carboxylic acids is 1. The first-order valence-corrected chi connectivity index (χ1v) is 11.9. The molecule has 1 amide bonds. The van der Waals surface area contributed by atoms with Crippen LogP contribution >= 0.6 is 27.7 Å². The van der Waals surface area contributed by atoms with Crippen molar-refractivity contribution < 1.29 is 4.79 Å². The summed E-state index contributed by atoms with van der Waals surface area (Å²) < 4.78 is 0.944. The summed E-state index contributed by atoms with van der Waals surface area (Å²) in [7, 11) is 0. The van der Waals surface area contributed by atoms with Crippen molar-refractivity contribution in [2.45, 2.75) is 30.8 Å². The van der Waals surface area contributed by atoms with Crippen LogP contribution in [0.1, 0.15) is 25.7 Å². The highest BCUT2D eigenvalue weighted by atomic mass is 79.9. The van der Waals surface area contributed by atoms with Gasteiger partial charge in [-0.2, -0.15) is 0 Å². The highest BCUT2D eigenvalue weighted by Crippen LogP contribution is 2.26. The summed E-state index contributed by atoms with van der Waals surface area (Å²) in [6.45, 7) is 2.22. The lowest BCUT2D eigenvalue weighted by atomic mass is 10.2. The van der Waals surface area contributed by atoms with Gasteiger partial charge in [0.1, 0.15) is 0 Å². The van der Waals surface area contributed by atoms with Crippen molar-refractivity contribution >= 4 is 45.0 Å². The Bertz CT molecular complexity index is 983. The number of rotatable bonds is 6. The van der Waals surface area contributed by atoms with Crippen molar-refractivity contribution in [1.29, 1.82) is 0 Å². The third-order valence-electron chi connectivity index (χ3n) is 5.05. The maximum Gasteiger partial charge on any atom is 0.234 e. The van der Waals surface area contributed by atoms with Gasteiger partial charge in [0, 0.05) is 34.5 Å². The second-order valence-electron chi connectivity index (χ2n) is 7.23. The first-order chi connectivity index (χ1) is 14.7. The van der Waals surface area contributed by atoms with Crippen LogP contribution in [0.2, 0.25) is 0 Å². The zero-order valence-corrected chi connectivity index (χ0v) is 19.0. The second kappa shape index (κ2) is 10.1. The van der Waals surface area contributed by atoms with Gasteiger partial charge in [-0.1, -0.05) is 58.7 Å². The van der Waals surface area contributed by atoms with E-state index in [1.807, 2.05) is 36.4 Å². The Morgan fingerprint density at radius 3 is 2.53 bits per heavy atom. The number of aromatic amines is 1. The van der Waals surface area contributed by atoms with Crippen LogP contribution in [0, 0.1) is 0 Å². The first kappa shape index (κ1) is 20.9. The molecule has 1 saturated heterocycles. The zero-order valence-electron chi connectivity index (χ0n) is 16.6. The van der Waals surface area contributed by atoms with Gasteiger partial charge in [0.2, 0.25) is 11.1 Å². The number of H-pyrrole nitrogens is 1. The molecule has 8 heteroatoms. The number of nitrogens with one attached hydrogen (secondary N) is 2. The molecule has 6 nitrogen and oxygen atoms in total. The summed E-state index contributed by atoms with van der Waals surface area (Å²) in [6.07, 6.45) is 5.13. The van der Waals surface area contributed by atoms with Crippen LogP contribution in [0.4, 0.5) is 11.4 Å². The van der Waals surface area contributed by atoms with Gasteiger partial charge in [0.15, 0.2) is 5.82 Å². The van der Waals surface area contributed by atoms with Crippen molar-refractivity contribution in [3.05, 3.63) is 53.0 Å². The molecular formula is C22H24BrN5OS. The lowest BCUT2D eigenvalue weighted by molar-refractivity contribution is -0.113. The van der Waals surface area contributed by atoms with E-state index in [4.69, 9.17) is 0 Å². The highest BCUT2D eigenvalue weighted by molar-refractivity contribution is 9.10. The molecule has 30 heavy (non-hydrogen) atoms. The number of nitrogens with zero attached hydrogens (tertiary/aromatic N) is 3. The summed E-state index contributed by atoms with van der Waals surface area (Å²) in [4.78, 5) is 19.2. The molecule has 0 bridgehead atoms. The number of aromatic nitrogens is 3. The third kappa shape index (κ3) is 5.43. The monoisotopic (exact) mass is 485 g/mol. The molecule has 2 aromatic carbocycles. The van der Waals surface area contributed by atoms with Gasteiger partial charge >= 0.3 is 0 Å². The Kier molecular flexibility index (Phi) is 7.07. The fourth-order valence-corrected chi connectivity index (χ4v) is 4.57. The Morgan fingerprint density at radius 2 is 1.80 bits per heavy atom. The lowest BCUT2D eigenvalue weighted by Crippen LogP contribution is -2.23. The molecule has 2 heterocycles. The number of hydrogen-bond acceptors (Lipinski definition) is 5. The summed E-state index contributed by atoms with van der Waals surface area (Å²) in [6, 6.07) is 15.9. The van der Waals surface area contributed by atoms with Crippen LogP contribution in [0.5, 0.6) is 0 Å². The first-order valence-electron chi connectivity index (χ1n) is 10.1. The number of anilines is 2. The Labute approximate surface area is 189 Å². The standard InChI is InChI=1S/C22H24BrN5OS/c23-19-8-4-3-7-18(19)21-25-22(27-26-21)30-15-20(29)24-16-9-11-17(12-10-16)28-13-5-1-2-6-14-28/h3-4,7-12H,1-2,5-6,13-15H2,(H,24,29)(H,25,26,27). The van der Waals surface area contributed by atoms with Gasteiger partial charge in [-0.05, 0) is 43.2 Å². The predicted octanol–water partition coefficient (Wildman–Crippen LogP) is 5.35. The second-order valence-corrected chi connectivity index (χ2v) is 9.03. The van der Waals surface area contributed by atoms with Gasteiger partial charge in [0.05, 0.1) is 5.75 Å². The van der Waals surface area contributed by atoms with Gasteiger partial charge in [-0.15, -0.1) is 5.10 Å². The molecule has 0 spiro atoms. The van der Waals surface area contributed by atoms with Gasteiger partial charge < -0.3 is 10.2 Å². The van der Waals surface area contributed by atoms with E-state index in [-0.39, 0.29) is 11.7 Å². The average molecular weight is 486 g/mol. The van der Waals surface area contributed by atoms with Gasteiger partial charge in [-0.3, -0.25) is 9.89 Å². The third-order valence-corrected chi connectivity index (χ3v) is 6.59. The number of thioether (sulfide) groups is 1. The molecule has 0 atom stereocenters. The van der Waals surface area contributed by atoms with E-state index in [2.05, 4.69) is 53.5 Å². The van der Waals surface area contributed by atoms with Crippen LogP contribution < -0.4 is 10.2 Å². The number of halogens is 1. The quantitative estimate of drug-likeness (QED) is 0.460. The minimum Gasteiger partial charge on any atom is -0.372 e. The molecule has 2 N–H and O–H groups in total. The van der Waals surface area contributed by atoms with Crippen molar-refractivity contribution in [2.75, 3.05) is 29.1 Å². The molecule has 3 aromatic rings. The minimum absolute atomic E-state index is 0.0743. The molecule has 1 fully saturated rings. The van der Waals surface area contributed by atoms with Crippen molar-refractivity contribution in [3.8, 4) is 11.4 Å². The Hall–Kier alpha value is -2.32. The van der Waals surface area contributed by atoms with E-state index < -0.39 is 0 Å². The molecule has 156 valence electrons. The number of benzene rings is 2. The van der Waals surface area contributed by atoms with Crippen LogP contribution in [-0.4, -0.2) is 39.9 Å². The van der Waals surface area contributed by atoms with Crippen LogP contribution in [0.15, 0.2) is 58.2 Å². The molecule has 0 unspecified atom stereocenters. The zero-order chi connectivity index (χ0) is 20.8. The molecule has 0 aliphatic carbocycles. The van der Waals surface area contributed by atoms with Crippen molar-refractivity contribution in [2.24, 2.45) is 0 Å². The molecule has 0 radical (unpaired) electrons. The molecule has 1 aromatic heterocycles. The maximum absolute atomic E-state index is 12.3. The van der Waals surface area contributed by atoms with Crippen LogP contribution in [-0.2, 0) is 4.79 Å². The summed E-state index contributed by atoms with van der Waals surface area (Å²) >= 11 is 4.82. The van der Waals surface area contributed by atoms with Crippen LogP contribution in [0.25, 0.3) is 11.4 Å². The normalized spacial score (nSPS) is 14.4. The van der Waals surface area contributed by atoms with E-state index in [0.717, 1.165) is 28.8 Å². The van der Waals surface area contributed by atoms with E-state index in [1.165, 1.54) is 43.1 Å². The SMILES string of the molecule is O=C(CSc1n[nH]c(-c2ccccc2Br)n1)Nc1ccc(N2CCCCCC2)cc1. The largest absolute Gasteiger partial charge is 0.372 e. The van der Waals surface area contributed by atoms with E-state index >= 15 is 0 Å². The lowest BCUT2D eigenvalue weighted by Gasteiger charge is -2.22.